The molecule has 0 radical (unpaired) electrons. The van der Waals surface area contributed by atoms with Gasteiger partial charge in [0.15, 0.2) is 0 Å². The number of nitrogens with one attached hydrogen (secondary N) is 2. The first kappa shape index (κ1) is 18.8. The highest BCUT2D eigenvalue weighted by molar-refractivity contribution is 5.94. The molecule has 1 aliphatic rings. The van der Waals surface area contributed by atoms with Crippen molar-refractivity contribution in [1.82, 2.24) is 15.1 Å². The number of piperazine rings is 1. The number of benzene rings is 1. The van der Waals surface area contributed by atoms with E-state index in [0.717, 1.165) is 16.8 Å². The first-order chi connectivity index (χ1) is 11.8. The molecule has 7 heteroatoms. The van der Waals surface area contributed by atoms with Crippen LogP contribution in [0.1, 0.15) is 25.0 Å². The Balaban J connectivity index is 1.91. The van der Waals surface area contributed by atoms with E-state index >= 15 is 0 Å². The van der Waals surface area contributed by atoms with Crippen LogP contribution in [0.4, 0.5) is 10.5 Å². The molecule has 0 atom stereocenters. The number of nitrogens with zero attached hydrogens (tertiary/aromatic N) is 2. The summed E-state index contributed by atoms with van der Waals surface area (Å²) in [6.07, 6.45) is 0. The van der Waals surface area contributed by atoms with Gasteiger partial charge in [-0.3, -0.25) is 9.59 Å². The SMILES string of the molecule is Cc1cccc(NC(=O)N2CCN(CC(=O)NC(C)C)C(=O)C2)c1C. The highest BCUT2D eigenvalue weighted by Gasteiger charge is 2.28. The predicted molar refractivity (Wildman–Crippen MR) is 96.4 cm³/mol. The third kappa shape index (κ3) is 4.95. The molecule has 1 aliphatic heterocycles. The van der Waals surface area contributed by atoms with Crippen molar-refractivity contribution >= 4 is 23.5 Å². The highest BCUT2D eigenvalue weighted by Crippen LogP contribution is 2.18. The van der Waals surface area contributed by atoms with Gasteiger partial charge in [-0.15, -0.1) is 0 Å². The summed E-state index contributed by atoms with van der Waals surface area (Å²) in [5.74, 6) is -0.405. The van der Waals surface area contributed by atoms with E-state index < -0.39 is 0 Å². The van der Waals surface area contributed by atoms with Crippen LogP contribution in [-0.4, -0.2) is 59.9 Å². The zero-order valence-corrected chi connectivity index (χ0v) is 15.3. The van der Waals surface area contributed by atoms with E-state index in [2.05, 4.69) is 10.6 Å². The summed E-state index contributed by atoms with van der Waals surface area (Å²) in [5, 5.41) is 5.62. The summed E-state index contributed by atoms with van der Waals surface area (Å²) in [7, 11) is 0. The first-order valence-corrected chi connectivity index (χ1v) is 8.47. The zero-order valence-electron chi connectivity index (χ0n) is 15.3. The topological polar surface area (TPSA) is 81.8 Å². The number of amides is 4. The van der Waals surface area contributed by atoms with Gasteiger partial charge in [-0.25, -0.2) is 4.79 Å². The van der Waals surface area contributed by atoms with Crippen molar-refractivity contribution in [3.05, 3.63) is 29.3 Å². The zero-order chi connectivity index (χ0) is 18.6. The number of aryl methyl sites for hydroxylation is 1. The fourth-order valence-electron chi connectivity index (χ4n) is 2.67. The van der Waals surface area contributed by atoms with Gasteiger partial charge in [-0.2, -0.15) is 0 Å². The maximum absolute atomic E-state index is 12.4. The van der Waals surface area contributed by atoms with Crippen molar-refractivity contribution in [2.24, 2.45) is 0 Å². The molecule has 4 amide bonds. The van der Waals surface area contributed by atoms with E-state index in [1.165, 1.54) is 9.80 Å². The van der Waals surface area contributed by atoms with Crippen molar-refractivity contribution in [2.75, 3.05) is 31.5 Å². The molecular formula is C18H26N4O3. The van der Waals surface area contributed by atoms with Crippen LogP contribution >= 0.6 is 0 Å². The van der Waals surface area contributed by atoms with Crippen molar-refractivity contribution in [2.45, 2.75) is 33.7 Å². The number of hydrogen-bond donors (Lipinski definition) is 2. The third-order valence-corrected chi connectivity index (χ3v) is 4.24. The summed E-state index contributed by atoms with van der Waals surface area (Å²) < 4.78 is 0. The lowest BCUT2D eigenvalue weighted by Gasteiger charge is -2.34. The second kappa shape index (κ2) is 8.00. The van der Waals surface area contributed by atoms with E-state index in [0.29, 0.717) is 13.1 Å². The molecule has 1 aromatic carbocycles. The van der Waals surface area contributed by atoms with Crippen LogP contribution in [-0.2, 0) is 9.59 Å². The molecule has 0 unspecified atom stereocenters. The predicted octanol–water partition coefficient (Wildman–Crippen LogP) is 1.50. The Bertz CT molecular complexity index is 672. The summed E-state index contributed by atoms with van der Waals surface area (Å²) in [5.41, 5.74) is 2.84. The molecule has 1 fully saturated rings. The molecule has 2 N–H and O–H groups in total. The Morgan fingerprint density at radius 2 is 1.92 bits per heavy atom. The van der Waals surface area contributed by atoms with Crippen molar-refractivity contribution in [3.63, 3.8) is 0 Å². The Morgan fingerprint density at radius 1 is 1.20 bits per heavy atom. The lowest BCUT2D eigenvalue weighted by molar-refractivity contribution is -0.139. The summed E-state index contributed by atoms with van der Waals surface area (Å²) in [6.45, 7) is 8.43. The van der Waals surface area contributed by atoms with Gasteiger partial charge >= 0.3 is 6.03 Å². The fourth-order valence-corrected chi connectivity index (χ4v) is 2.67. The largest absolute Gasteiger partial charge is 0.352 e. The smallest absolute Gasteiger partial charge is 0.322 e. The average Bonchev–Trinajstić information content (AvgIpc) is 2.53. The standard InChI is InChI=1S/C18H26N4O3/c1-12(2)19-16(23)10-21-8-9-22(11-17(21)24)18(25)20-15-7-5-6-13(3)14(15)4/h5-7,12H,8-11H2,1-4H3,(H,19,23)(H,20,25). The first-order valence-electron chi connectivity index (χ1n) is 8.47. The van der Waals surface area contributed by atoms with Crippen LogP contribution in [0.5, 0.6) is 0 Å². The van der Waals surface area contributed by atoms with Gasteiger partial charge in [-0.1, -0.05) is 12.1 Å². The summed E-state index contributed by atoms with van der Waals surface area (Å²) >= 11 is 0. The molecule has 0 aromatic heterocycles. The molecule has 0 saturated carbocycles. The quantitative estimate of drug-likeness (QED) is 0.867. The number of carbonyl (C=O) groups excluding carboxylic acids is 3. The molecule has 25 heavy (non-hydrogen) atoms. The van der Waals surface area contributed by atoms with Crippen molar-refractivity contribution < 1.29 is 14.4 Å². The molecule has 1 aromatic rings. The van der Waals surface area contributed by atoms with Crippen LogP contribution in [0.3, 0.4) is 0 Å². The summed E-state index contributed by atoms with van der Waals surface area (Å²) in [6, 6.07) is 5.44. The van der Waals surface area contributed by atoms with Gasteiger partial charge in [0.05, 0.1) is 6.54 Å². The third-order valence-electron chi connectivity index (χ3n) is 4.24. The second-order valence-corrected chi connectivity index (χ2v) is 6.64. The fraction of sp³-hybridized carbons (Fsp3) is 0.500. The average molecular weight is 346 g/mol. The minimum absolute atomic E-state index is 0.0222. The minimum Gasteiger partial charge on any atom is -0.352 e. The number of hydrogen-bond acceptors (Lipinski definition) is 3. The number of urea groups is 1. The maximum atomic E-state index is 12.4. The number of carbonyl (C=O) groups is 3. The minimum atomic E-state index is -0.298. The number of rotatable bonds is 4. The molecular weight excluding hydrogens is 320 g/mol. The van der Waals surface area contributed by atoms with Crippen LogP contribution in [0.2, 0.25) is 0 Å². The molecule has 2 rings (SSSR count). The molecule has 1 saturated heterocycles. The monoisotopic (exact) mass is 346 g/mol. The second-order valence-electron chi connectivity index (χ2n) is 6.64. The lowest BCUT2D eigenvalue weighted by Crippen LogP contribution is -2.55. The van der Waals surface area contributed by atoms with Gasteiger partial charge in [0.2, 0.25) is 11.8 Å². The maximum Gasteiger partial charge on any atom is 0.322 e. The van der Waals surface area contributed by atoms with E-state index in [1.54, 1.807) is 0 Å². The number of anilines is 1. The summed E-state index contributed by atoms with van der Waals surface area (Å²) in [4.78, 5) is 39.4. The van der Waals surface area contributed by atoms with E-state index in [-0.39, 0.29) is 37.0 Å². The van der Waals surface area contributed by atoms with Crippen LogP contribution in [0.15, 0.2) is 18.2 Å². The van der Waals surface area contributed by atoms with Crippen molar-refractivity contribution in [1.29, 1.82) is 0 Å². The highest BCUT2D eigenvalue weighted by atomic mass is 16.2. The molecule has 1 heterocycles. The van der Waals surface area contributed by atoms with E-state index in [9.17, 15) is 14.4 Å². The van der Waals surface area contributed by atoms with Gasteiger partial charge in [0.25, 0.3) is 0 Å². The molecule has 0 spiro atoms. The Hall–Kier alpha value is -2.57. The Kier molecular flexibility index (Phi) is 6.01. The van der Waals surface area contributed by atoms with E-state index in [1.807, 2.05) is 45.9 Å². The van der Waals surface area contributed by atoms with Gasteiger partial charge in [0.1, 0.15) is 6.54 Å². The van der Waals surface area contributed by atoms with E-state index in [4.69, 9.17) is 0 Å². The van der Waals surface area contributed by atoms with Crippen molar-refractivity contribution in [3.8, 4) is 0 Å². The van der Waals surface area contributed by atoms with Crippen LogP contribution in [0, 0.1) is 13.8 Å². The van der Waals surface area contributed by atoms with Crippen LogP contribution in [0.25, 0.3) is 0 Å². The molecule has 0 aliphatic carbocycles. The normalized spacial score (nSPS) is 14.7. The molecule has 0 bridgehead atoms. The van der Waals surface area contributed by atoms with Gasteiger partial charge in [0, 0.05) is 24.8 Å². The molecule has 136 valence electrons. The molecule has 7 nitrogen and oxygen atoms in total. The van der Waals surface area contributed by atoms with Gasteiger partial charge in [-0.05, 0) is 44.9 Å². The van der Waals surface area contributed by atoms with Gasteiger partial charge < -0.3 is 20.4 Å². The lowest BCUT2D eigenvalue weighted by atomic mass is 10.1. The van der Waals surface area contributed by atoms with Crippen LogP contribution < -0.4 is 10.6 Å². The Morgan fingerprint density at radius 3 is 2.56 bits per heavy atom. The Labute approximate surface area is 148 Å².